The van der Waals surface area contributed by atoms with Gasteiger partial charge in [-0.15, -0.1) is 0 Å². The van der Waals surface area contributed by atoms with Gasteiger partial charge in [-0.25, -0.2) is 0 Å². The van der Waals surface area contributed by atoms with Gasteiger partial charge in [0.2, 0.25) is 5.91 Å². The van der Waals surface area contributed by atoms with E-state index in [1.807, 2.05) is 6.07 Å². The van der Waals surface area contributed by atoms with Gasteiger partial charge in [0.05, 0.1) is 13.0 Å². The number of piperazine rings is 1. The Labute approximate surface area is 139 Å². The summed E-state index contributed by atoms with van der Waals surface area (Å²) in [6, 6.07) is 4.18. The second-order valence-electron chi connectivity index (χ2n) is 6.25. The largest absolute Gasteiger partial charge is 0.493 e. The molecule has 1 fully saturated rings. The Morgan fingerprint density at radius 1 is 1.26 bits per heavy atom. The molecular weight excluding hydrogens is 290 g/mol. The highest BCUT2D eigenvalue weighted by Crippen LogP contribution is 2.23. The van der Waals surface area contributed by atoms with Crippen LogP contribution < -0.4 is 15.4 Å². The molecule has 2 N–H and O–H groups in total. The zero-order valence-corrected chi connectivity index (χ0v) is 14.6. The Balaban J connectivity index is 1.64. The number of amides is 1. The minimum Gasteiger partial charge on any atom is -0.493 e. The van der Waals surface area contributed by atoms with Crippen LogP contribution in [-0.4, -0.2) is 56.7 Å². The normalized spacial score (nSPS) is 15.4. The van der Waals surface area contributed by atoms with E-state index >= 15 is 0 Å². The van der Waals surface area contributed by atoms with Crippen LogP contribution in [0.5, 0.6) is 5.75 Å². The lowest BCUT2D eigenvalue weighted by atomic mass is 10.1. The Kier molecular flexibility index (Phi) is 6.86. The first-order valence-corrected chi connectivity index (χ1v) is 8.46. The number of aryl methyl sites for hydroxylation is 2. The van der Waals surface area contributed by atoms with Gasteiger partial charge in [0.1, 0.15) is 5.75 Å². The first-order valence-electron chi connectivity index (χ1n) is 8.46. The van der Waals surface area contributed by atoms with Crippen LogP contribution in [-0.2, 0) is 4.79 Å². The number of carbonyl (C=O) groups excluding carboxylic acids is 1. The first-order chi connectivity index (χ1) is 11.1. The molecule has 0 bridgehead atoms. The summed E-state index contributed by atoms with van der Waals surface area (Å²) in [6.07, 6.45) is 0.397. The van der Waals surface area contributed by atoms with Gasteiger partial charge < -0.3 is 15.4 Å². The molecule has 128 valence electrons. The van der Waals surface area contributed by atoms with E-state index in [0.29, 0.717) is 19.6 Å². The highest BCUT2D eigenvalue weighted by molar-refractivity contribution is 5.75. The number of carbonyl (C=O) groups is 1. The minimum atomic E-state index is 0.0576. The van der Waals surface area contributed by atoms with E-state index in [1.54, 1.807) is 0 Å². The molecule has 1 heterocycles. The Hall–Kier alpha value is -1.59. The fourth-order valence-electron chi connectivity index (χ4n) is 2.78. The molecule has 0 aromatic heterocycles. The molecule has 1 saturated heterocycles. The number of hydrogen-bond donors (Lipinski definition) is 2. The number of hydrogen-bond acceptors (Lipinski definition) is 4. The molecule has 2 rings (SSSR count). The highest BCUT2D eigenvalue weighted by Gasteiger charge is 2.10. The molecule has 0 unspecified atom stereocenters. The topological polar surface area (TPSA) is 53.6 Å². The van der Waals surface area contributed by atoms with Crippen molar-refractivity contribution in [1.82, 2.24) is 15.5 Å². The van der Waals surface area contributed by atoms with E-state index in [4.69, 9.17) is 4.74 Å². The van der Waals surface area contributed by atoms with Crippen molar-refractivity contribution in [3.05, 3.63) is 28.8 Å². The molecule has 1 aliphatic rings. The summed E-state index contributed by atoms with van der Waals surface area (Å²) < 4.78 is 5.79. The molecule has 0 atom stereocenters. The van der Waals surface area contributed by atoms with Gasteiger partial charge in [-0.1, -0.05) is 6.07 Å². The number of nitrogens with one attached hydrogen (secondary N) is 2. The zero-order valence-electron chi connectivity index (χ0n) is 14.6. The quantitative estimate of drug-likeness (QED) is 0.798. The zero-order chi connectivity index (χ0) is 16.7. The van der Waals surface area contributed by atoms with Crippen LogP contribution in [0.25, 0.3) is 0 Å². The van der Waals surface area contributed by atoms with E-state index in [-0.39, 0.29) is 5.91 Å². The minimum absolute atomic E-state index is 0.0576. The molecule has 0 spiro atoms. The fourth-order valence-corrected chi connectivity index (χ4v) is 2.78. The van der Waals surface area contributed by atoms with Crippen molar-refractivity contribution >= 4 is 5.91 Å². The SMILES string of the molecule is Cc1cc(C)c(C)c(OCCC(=O)NCCN2CCNCC2)c1. The lowest BCUT2D eigenvalue weighted by Gasteiger charge is -2.27. The molecule has 0 radical (unpaired) electrons. The monoisotopic (exact) mass is 319 g/mol. The highest BCUT2D eigenvalue weighted by atomic mass is 16.5. The molecule has 0 aliphatic carbocycles. The molecular formula is C18H29N3O2. The molecule has 23 heavy (non-hydrogen) atoms. The van der Waals surface area contributed by atoms with Crippen LogP contribution in [0.3, 0.4) is 0 Å². The van der Waals surface area contributed by atoms with Crippen LogP contribution in [0.15, 0.2) is 12.1 Å². The molecule has 5 heteroatoms. The van der Waals surface area contributed by atoms with E-state index < -0.39 is 0 Å². The lowest BCUT2D eigenvalue weighted by molar-refractivity contribution is -0.121. The Morgan fingerprint density at radius 2 is 2.00 bits per heavy atom. The Morgan fingerprint density at radius 3 is 2.74 bits per heavy atom. The molecule has 1 aromatic rings. The van der Waals surface area contributed by atoms with Crippen LogP contribution in [0, 0.1) is 20.8 Å². The summed E-state index contributed by atoms with van der Waals surface area (Å²) in [5, 5.41) is 6.30. The van der Waals surface area contributed by atoms with Crippen molar-refractivity contribution in [3.63, 3.8) is 0 Å². The summed E-state index contributed by atoms with van der Waals surface area (Å²) in [4.78, 5) is 14.2. The number of benzene rings is 1. The van der Waals surface area contributed by atoms with Crippen LogP contribution in [0.4, 0.5) is 0 Å². The summed E-state index contributed by atoms with van der Waals surface area (Å²) in [7, 11) is 0. The number of ether oxygens (including phenoxy) is 1. The van der Waals surface area contributed by atoms with Gasteiger partial charge in [0, 0.05) is 39.3 Å². The van der Waals surface area contributed by atoms with Crippen LogP contribution >= 0.6 is 0 Å². The van der Waals surface area contributed by atoms with E-state index in [0.717, 1.165) is 44.0 Å². The number of rotatable bonds is 7. The first kappa shape index (κ1) is 17.8. The molecule has 0 saturated carbocycles. The fraction of sp³-hybridized carbons (Fsp3) is 0.611. The van der Waals surface area contributed by atoms with Crippen molar-refractivity contribution < 1.29 is 9.53 Å². The lowest BCUT2D eigenvalue weighted by Crippen LogP contribution is -2.46. The summed E-state index contributed by atoms with van der Waals surface area (Å²) in [5.41, 5.74) is 3.55. The van der Waals surface area contributed by atoms with E-state index in [1.165, 1.54) is 11.1 Å². The maximum atomic E-state index is 11.9. The third-order valence-corrected chi connectivity index (χ3v) is 4.31. The number of nitrogens with zero attached hydrogens (tertiary/aromatic N) is 1. The van der Waals surface area contributed by atoms with Gasteiger partial charge in [0.25, 0.3) is 0 Å². The van der Waals surface area contributed by atoms with Crippen LogP contribution in [0.1, 0.15) is 23.1 Å². The van der Waals surface area contributed by atoms with E-state index in [9.17, 15) is 4.79 Å². The smallest absolute Gasteiger partial charge is 0.223 e. The van der Waals surface area contributed by atoms with Crippen LogP contribution in [0.2, 0.25) is 0 Å². The maximum absolute atomic E-state index is 11.9. The maximum Gasteiger partial charge on any atom is 0.223 e. The standard InChI is InChI=1S/C18H29N3O2/c1-14-12-15(2)16(3)17(13-14)23-11-4-18(22)20-7-10-21-8-5-19-6-9-21/h12-13,19H,4-11H2,1-3H3,(H,20,22). The summed E-state index contributed by atoms with van der Waals surface area (Å²) in [6.45, 7) is 12.4. The molecule has 1 aliphatic heterocycles. The average molecular weight is 319 g/mol. The molecule has 1 amide bonds. The summed E-state index contributed by atoms with van der Waals surface area (Å²) in [5.74, 6) is 0.943. The van der Waals surface area contributed by atoms with Gasteiger partial charge >= 0.3 is 0 Å². The van der Waals surface area contributed by atoms with Gasteiger partial charge in [-0.05, 0) is 43.5 Å². The summed E-state index contributed by atoms with van der Waals surface area (Å²) >= 11 is 0. The molecule has 5 nitrogen and oxygen atoms in total. The van der Waals surface area contributed by atoms with Gasteiger partial charge in [-0.3, -0.25) is 9.69 Å². The Bertz CT molecular complexity index is 525. The van der Waals surface area contributed by atoms with Crippen molar-refractivity contribution in [2.24, 2.45) is 0 Å². The molecule has 1 aromatic carbocycles. The predicted molar refractivity (Wildman–Crippen MR) is 93.1 cm³/mol. The van der Waals surface area contributed by atoms with Gasteiger partial charge in [-0.2, -0.15) is 0 Å². The van der Waals surface area contributed by atoms with Crippen molar-refractivity contribution in [3.8, 4) is 5.75 Å². The second kappa shape index (κ2) is 8.89. The second-order valence-corrected chi connectivity index (χ2v) is 6.25. The van der Waals surface area contributed by atoms with Gasteiger partial charge in [0.15, 0.2) is 0 Å². The third kappa shape index (κ3) is 5.84. The van der Waals surface area contributed by atoms with Crippen molar-refractivity contribution in [2.75, 3.05) is 45.9 Å². The van der Waals surface area contributed by atoms with E-state index in [2.05, 4.69) is 42.4 Å². The third-order valence-electron chi connectivity index (χ3n) is 4.31. The predicted octanol–water partition coefficient (Wildman–Crippen LogP) is 1.40. The van der Waals surface area contributed by atoms with Crippen molar-refractivity contribution in [1.29, 1.82) is 0 Å². The van der Waals surface area contributed by atoms with Crippen molar-refractivity contribution in [2.45, 2.75) is 27.2 Å². The average Bonchev–Trinajstić information content (AvgIpc) is 2.53.